The summed E-state index contributed by atoms with van der Waals surface area (Å²) in [5, 5.41) is 8.88. The molecule has 1 fully saturated rings. The number of hydrogen-bond donors (Lipinski definition) is 1. The van der Waals surface area contributed by atoms with E-state index in [-0.39, 0.29) is 6.61 Å². The molecule has 0 radical (unpaired) electrons. The van der Waals surface area contributed by atoms with Crippen LogP contribution in [0.15, 0.2) is 24.3 Å². The molecule has 5 heteroatoms. The molecule has 2 nitrogen and oxygen atoms in total. The fraction of sp³-hybridized carbons (Fsp3) is 0.600. The fourth-order valence-corrected chi connectivity index (χ4v) is 2.84. The number of benzene rings is 1. The van der Waals surface area contributed by atoms with Crippen molar-refractivity contribution < 1.29 is 18.3 Å². The highest BCUT2D eigenvalue weighted by molar-refractivity contribution is 5.25. The number of nitrogens with zero attached hydrogens (tertiary/aromatic N) is 1. The first-order valence-corrected chi connectivity index (χ1v) is 7.02. The Bertz CT molecular complexity index is 433. The fourth-order valence-electron chi connectivity index (χ4n) is 2.84. The van der Waals surface area contributed by atoms with Crippen LogP contribution in [-0.2, 0) is 12.7 Å². The first-order valence-electron chi connectivity index (χ1n) is 7.02. The Kier molecular flexibility index (Phi) is 5.05. The summed E-state index contributed by atoms with van der Waals surface area (Å²) >= 11 is 0. The van der Waals surface area contributed by atoms with Crippen molar-refractivity contribution in [2.24, 2.45) is 0 Å². The van der Waals surface area contributed by atoms with Crippen molar-refractivity contribution >= 4 is 0 Å². The summed E-state index contributed by atoms with van der Waals surface area (Å²) in [6.45, 7) is 1.65. The molecule has 0 spiro atoms. The first-order chi connectivity index (χ1) is 9.50. The van der Waals surface area contributed by atoms with Crippen molar-refractivity contribution in [3.05, 3.63) is 35.4 Å². The van der Waals surface area contributed by atoms with E-state index in [1.807, 2.05) is 0 Å². The number of alkyl halides is 3. The summed E-state index contributed by atoms with van der Waals surface area (Å²) in [5.74, 6) is 0. The Labute approximate surface area is 117 Å². The van der Waals surface area contributed by atoms with Crippen LogP contribution in [0, 0.1) is 0 Å². The van der Waals surface area contributed by atoms with Gasteiger partial charge in [0.15, 0.2) is 0 Å². The van der Waals surface area contributed by atoms with E-state index in [2.05, 4.69) is 4.90 Å². The van der Waals surface area contributed by atoms with E-state index in [9.17, 15) is 13.2 Å². The molecule has 1 aliphatic heterocycles. The van der Waals surface area contributed by atoms with Crippen LogP contribution < -0.4 is 0 Å². The zero-order chi connectivity index (χ0) is 14.6. The molecule has 2 rings (SSSR count). The summed E-state index contributed by atoms with van der Waals surface area (Å²) in [6.07, 6.45) is -0.468. The van der Waals surface area contributed by atoms with E-state index in [1.54, 1.807) is 6.07 Å². The maximum atomic E-state index is 12.7. The van der Waals surface area contributed by atoms with Crippen molar-refractivity contribution in [2.75, 3.05) is 13.2 Å². The maximum Gasteiger partial charge on any atom is 0.416 e. The summed E-state index contributed by atoms with van der Waals surface area (Å²) in [5.41, 5.74) is 0.122. The van der Waals surface area contributed by atoms with Gasteiger partial charge in [0.1, 0.15) is 0 Å². The standard InChI is InChI=1S/C15H20F3NO/c16-15(17,18)13-5-1-4-12(10-13)11-19-8-2-6-14(19)7-3-9-20/h1,4-5,10,14,20H,2-3,6-9,11H2. The smallest absolute Gasteiger partial charge is 0.396 e. The third kappa shape index (κ3) is 3.96. The zero-order valence-electron chi connectivity index (χ0n) is 11.4. The van der Waals surface area contributed by atoms with E-state index < -0.39 is 11.7 Å². The second kappa shape index (κ2) is 6.59. The minimum Gasteiger partial charge on any atom is -0.396 e. The van der Waals surface area contributed by atoms with Gasteiger partial charge in [-0.3, -0.25) is 4.90 Å². The van der Waals surface area contributed by atoms with Gasteiger partial charge in [-0.05, 0) is 43.9 Å². The molecular weight excluding hydrogens is 267 g/mol. The van der Waals surface area contributed by atoms with E-state index in [0.717, 1.165) is 38.3 Å². The van der Waals surface area contributed by atoms with Gasteiger partial charge < -0.3 is 5.11 Å². The van der Waals surface area contributed by atoms with Crippen LogP contribution >= 0.6 is 0 Å². The topological polar surface area (TPSA) is 23.5 Å². The predicted molar refractivity (Wildman–Crippen MR) is 71.2 cm³/mol. The molecule has 1 N–H and O–H groups in total. The number of hydrogen-bond acceptors (Lipinski definition) is 2. The predicted octanol–water partition coefficient (Wildman–Crippen LogP) is 3.44. The Morgan fingerprint density at radius 2 is 2.10 bits per heavy atom. The second-order valence-corrected chi connectivity index (χ2v) is 5.33. The summed E-state index contributed by atoms with van der Waals surface area (Å²) in [7, 11) is 0. The van der Waals surface area contributed by atoms with Crippen LogP contribution in [0.5, 0.6) is 0 Å². The van der Waals surface area contributed by atoms with Gasteiger partial charge in [-0.15, -0.1) is 0 Å². The lowest BCUT2D eigenvalue weighted by Gasteiger charge is -2.24. The largest absolute Gasteiger partial charge is 0.416 e. The average molecular weight is 287 g/mol. The lowest BCUT2D eigenvalue weighted by atomic mass is 10.1. The van der Waals surface area contributed by atoms with Gasteiger partial charge in [0.25, 0.3) is 0 Å². The number of aliphatic hydroxyl groups is 1. The Morgan fingerprint density at radius 1 is 1.30 bits per heavy atom. The molecule has 1 saturated heterocycles. The highest BCUT2D eigenvalue weighted by Gasteiger charge is 2.31. The van der Waals surface area contributed by atoms with Gasteiger partial charge in [-0.2, -0.15) is 13.2 Å². The van der Waals surface area contributed by atoms with E-state index in [4.69, 9.17) is 5.11 Å². The van der Waals surface area contributed by atoms with Crippen molar-refractivity contribution in [2.45, 2.75) is 44.4 Å². The monoisotopic (exact) mass is 287 g/mol. The highest BCUT2D eigenvalue weighted by Crippen LogP contribution is 2.30. The minimum absolute atomic E-state index is 0.175. The van der Waals surface area contributed by atoms with Crippen LogP contribution in [0.4, 0.5) is 13.2 Å². The van der Waals surface area contributed by atoms with Gasteiger partial charge in [-0.1, -0.05) is 18.2 Å². The molecule has 0 bridgehead atoms. The second-order valence-electron chi connectivity index (χ2n) is 5.33. The lowest BCUT2D eigenvalue weighted by molar-refractivity contribution is -0.137. The average Bonchev–Trinajstić information content (AvgIpc) is 2.83. The Balaban J connectivity index is 2.02. The molecule has 0 aromatic heterocycles. The number of likely N-dealkylation sites (tertiary alicyclic amines) is 1. The summed E-state index contributed by atoms with van der Waals surface area (Å²) < 4.78 is 38.0. The quantitative estimate of drug-likeness (QED) is 0.896. The molecule has 20 heavy (non-hydrogen) atoms. The summed E-state index contributed by atoms with van der Waals surface area (Å²) in [4.78, 5) is 2.23. The Hall–Kier alpha value is -1.07. The van der Waals surface area contributed by atoms with Gasteiger partial charge in [-0.25, -0.2) is 0 Å². The van der Waals surface area contributed by atoms with Crippen LogP contribution in [-0.4, -0.2) is 29.2 Å². The number of halogens is 3. The van der Waals surface area contributed by atoms with E-state index >= 15 is 0 Å². The third-order valence-corrected chi connectivity index (χ3v) is 3.83. The van der Waals surface area contributed by atoms with Gasteiger partial charge in [0.2, 0.25) is 0 Å². The number of rotatable bonds is 5. The zero-order valence-corrected chi connectivity index (χ0v) is 11.4. The molecule has 0 aliphatic carbocycles. The summed E-state index contributed by atoms with van der Waals surface area (Å²) in [6, 6.07) is 5.95. The lowest BCUT2D eigenvalue weighted by Crippen LogP contribution is -2.29. The van der Waals surface area contributed by atoms with Crippen molar-refractivity contribution in [3.8, 4) is 0 Å². The molecule has 1 aromatic rings. The normalized spacial score (nSPS) is 20.5. The highest BCUT2D eigenvalue weighted by atomic mass is 19.4. The molecule has 112 valence electrons. The van der Waals surface area contributed by atoms with Crippen molar-refractivity contribution in [1.82, 2.24) is 4.90 Å². The van der Waals surface area contributed by atoms with Gasteiger partial charge in [0.05, 0.1) is 5.56 Å². The Morgan fingerprint density at radius 3 is 2.80 bits per heavy atom. The molecule has 1 atom stereocenters. The van der Waals surface area contributed by atoms with Crippen LogP contribution in [0.25, 0.3) is 0 Å². The molecule has 0 amide bonds. The first kappa shape index (κ1) is 15.3. The van der Waals surface area contributed by atoms with Crippen molar-refractivity contribution in [3.63, 3.8) is 0 Å². The van der Waals surface area contributed by atoms with Crippen LogP contribution in [0.3, 0.4) is 0 Å². The maximum absolute atomic E-state index is 12.7. The SMILES string of the molecule is OCCCC1CCCN1Cc1cccc(C(F)(F)F)c1. The van der Waals surface area contributed by atoms with Gasteiger partial charge >= 0.3 is 6.18 Å². The van der Waals surface area contributed by atoms with E-state index in [0.29, 0.717) is 18.2 Å². The molecule has 1 aromatic carbocycles. The van der Waals surface area contributed by atoms with Crippen molar-refractivity contribution in [1.29, 1.82) is 0 Å². The molecular formula is C15H20F3NO. The number of aliphatic hydroxyl groups excluding tert-OH is 1. The third-order valence-electron chi connectivity index (χ3n) is 3.83. The minimum atomic E-state index is -4.28. The van der Waals surface area contributed by atoms with Crippen LogP contribution in [0.1, 0.15) is 36.8 Å². The molecule has 1 aliphatic rings. The molecule has 1 heterocycles. The van der Waals surface area contributed by atoms with E-state index in [1.165, 1.54) is 12.1 Å². The van der Waals surface area contributed by atoms with Gasteiger partial charge in [0, 0.05) is 19.2 Å². The molecule has 0 saturated carbocycles. The molecule has 1 unspecified atom stereocenters. The van der Waals surface area contributed by atoms with Crippen LogP contribution in [0.2, 0.25) is 0 Å².